The molecule has 0 aliphatic rings. The lowest BCUT2D eigenvalue weighted by atomic mass is 10.1. The highest BCUT2D eigenvalue weighted by Crippen LogP contribution is 2.10. The SMILES string of the molecule is CC(C)c1ccc(=O)[nH]c1.CC(C)c1ccc(=O)[nH]c1. The van der Waals surface area contributed by atoms with Crippen molar-refractivity contribution in [2.75, 3.05) is 0 Å². The van der Waals surface area contributed by atoms with Gasteiger partial charge in [0, 0.05) is 24.5 Å². The number of rotatable bonds is 2. The Morgan fingerprint density at radius 3 is 1.25 bits per heavy atom. The first-order valence-corrected chi connectivity index (χ1v) is 6.77. The summed E-state index contributed by atoms with van der Waals surface area (Å²) in [5, 5.41) is 0. The average molecular weight is 274 g/mol. The quantitative estimate of drug-likeness (QED) is 0.884. The first kappa shape index (κ1) is 16.0. The van der Waals surface area contributed by atoms with Gasteiger partial charge in [-0.2, -0.15) is 0 Å². The molecule has 0 radical (unpaired) electrons. The van der Waals surface area contributed by atoms with Gasteiger partial charge in [-0.25, -0.2) is 0 Å². The monoisotopic (exact) mass is 274 g/mol. The number of aromatic nitrogens is 2. The van der Waals surface area contributed by atoms with Crippen LogP contribution in [0.4, 0.5) is 0 Å². The molecule has 0 saturated heterocycles. The fourth-order valence-electron chi connectivity index (χ4n) is 1.56. The summed E-state index contributed by atoms with van der Waals surface area (Å²) in [7, 11) is 0. The maximum absolute atomic E-state index is 10.6. The molecule has 2 heterocycles. The molecule has 0 spiro atoms. The van der Waals surface area contributed by atoms with Gasteiger partial charge in [0.15, 0.2) is 0 Å². The number of pyridine rings is 2. The molecule has 0 atom stereocenters. The van der Waals surface area contributed by atoms with Crippen molar-refractivity contribution in [1.82, 2.24) is 9.97 Å². The van der Waals surface area contributed by atoms with E-state index >= 15 is 0 Å². The third kappa shape index (κ3) is 5.26. The Hall–Kier alpha value is -2.10. The second kappa shape index (κ2) is 7.48. The van der Waals surface area contributed by atoms with Gasteiger partial charge in [-0.15, -0.1) is 0 Å². The van der Waals surface area contributed by atoms with Gasteiger partial charge in [0.25, 0.3) is 0 Å². The molecule has 0 amide bonds. The summed E-state index contributed by atoms with van der Waals surface area (Å²) in [5.74, 6) is 0.966. The average Bonchev–Trinajstić information content (AvgIpc) is 2.40. The van der Waals surface area contributed by atoms with Crippen molar-refractivity contribution in [3.63, 3.8) is 0 Å². The number of aromatic amines is 2. The highest BCUT2D eigenvalue weighted by molar-refractivity contribution is 5.13. The van der Waals surface area contributed by atoms with Gasteiger partial charge in [0.2, 0.25) is 11.1 Å². The maximum Gasteiger partial charge on any atom is 0.247 e. The van der Waals surface area contributed by atoms with Crippen LogP contribution in [-0.2, 0) is 0 Å². The fourth-order valence-corrected chi connectivity index (χ4v) is 1.56. The van der Waals surface area contributed by atoms with Gasteiger partial charge >= 0.3 is 0 Å². The maximum atomic E-state index is 10.6. The predicted molar refractivity (Wildman–Crippen MR) is 82.3 cm³/mol. The summed E-state index contributed by atoms with van der Waals surface area (Å²) >= 11 is 0. The molecule has 0 unspecified atom stereocenters. The van der Waals surface area contributed by atoms with Gasteiger partial charge in [-0.1, -0.05) is 39.8 Å². The molecular weight excluding hydrogens is 252 g/mol. The van der Waals surface area contributed by atoms with E-state index in [1.165, 1.54) is 11.1 Å². The number of nitrogens with one attached hydrogen (secondary N) is 2. The molecule has 0 aliphatic heterocycles. The highest BCUT2D eigenvalue weighted by Gasteiger charge is 1.96. The molecule has 0 saturated carbocycles. The summed E-state index contributed by atoms with van der Waals surface area (Å²) in [6.45, 7) is 8.36. The van der Waals surface area contributed by atoms with Crippen LogP contribution in [0.1, 0.15) is 50.7 Å². The molecule has 2 N–H and O–H groups in total. The van der Waals surface area contributed by atoms with Crippen molar-refractivity contribution in [3.8, 4) is 0 Å². The predicted octanol–water partition coefficient (Wildman–Crippen LogP) is 3.00. The first-order chi connectivity index (χ1) is 9.40. The van der Waals surface area contributed by atoms with E-state index in [9.17, 15) is 9.59 Å². The lowest BCUT2D eigenvalue weighted by Gasteiger charge is -2.01. The standard InChI is InChI=1S/2C8H11NO/c2*1-6(2)7-3-4-8(10)9-5-7/h2*3-6H,1-2H3,(H,9,10). The lowest BCUT2D eigenvalue weighted by molar-refractivity contribution is 0.855. The molecule has 108 valence electrons. The van der Waals surface area contributed by atoms with Gasteiger partial charge < -0.3 is 9.97 Å². The van der Waals surface area contributed by atoms with Crippen molar-refractivity contribution in [1.29, 1.82) is 0 Å². The van der Waals surface area contributed by atoms with E-state index in [4.69, 9.17) is 0 Å². The van der Waals surface area contributed by atoms with Gasteiger partial charge in [-0.05, 0) is 23.0 Å². The Morgan fingerprint density at radius 1 is 0.700 bits per heavy atom. The van der Waals surface area contributed by atoms with E-state index in [1.54, 1.807) is 24.5 Å². The zero-order valence-corrected chi connectivity index (χ0v) is 12.4. The van der Waals surface area contributed by atoms with E-state index in [2.05, 4.69) is 37.7 Å². The number of hydrogen-bond donors (Lipinski definition) is 2. The number of hydrogen-bond acceptors (Lipinski definition) is 2. The van der Waals surface area contributed by atoms with Crippen LogP contribution >= 0.6 is 0 Å². The van der Waals surface area contributed by atoms with Crippen molar-refractivity contribution >= 4 is 0 Å². The highest BCUT2D eigenvalue weighted by atomic mass is 16.1. The summed E-state index contributed by atoms with van der Waals surface area (Å²) in [6.07, 6.45) is 3.51. The second-order valence-electron chi connectivity index (χ2n) is 5.28. The van der Waals surface area contributed by atoms with E-state index in [1.807, 2.05) is 12.1 Å². The Balaban J connectivity index is 0.000000200. The zero-order valence-electron chi connectivity index (χ0n) is 12.4. The summed E-state index contributed by atoms with van der Waals surface area (Å²) < 4.78 is 0. The van der Waals surface area contributed by atoms with Crippen LogP contribution in [0.5, 0.6) is 0 Å². The third-order valence-electron chi connectivity index (χ3n) is 2.95. The van der Waals surface area contributed by atoms with Gasteiger partial charge in [0.1, 0.15) is 0 Å². The van der Waals surface area contributed by atoms with Crippen LogP contribution in [0.2, 0.25) is 0 Å². The zero-order chi connectivity index (χ0) is 15.1. The van der Waals surface area contributed by atoms with Crippen LogP contribution in [0.3, 0.4) is 0 Å². The van der Waals surface area contributed by atoms with E-state index in [-0.39, 0.29) is 11.1 Å². The Kier molecular flexibility index (Phi) is 5.97. The molecule has 0 bridgehead atoms. The fraction of sp³-hybridized carbons (Fsp3) is 0.375. The van der Waals surface area contributed by atoms with Crippen LogP contribution in [0, 0.1) is 0 Å². The lowest BCUT2D eigenvalue weighted by Crippen LogP contribution is -2.03. The minimum absolute atomic E-state index is 0.0376. The Labute approximate surface area is 118 Å². The smallest absolute Gasteiger partial charge is 0.247 e. The molecular formula is C16H22N2O2. The first-order valence-electron chi connectivity index (χ1n) is 6.77. The summed E-state index contributed by atoms with van der Waals surface area (Å²) in [4.78, 5) is 26.4. The second-order valence-corrected chi connectivity index (χ2v) is 5.28. The van der Waals surface area contributed by atoms with E-state index < -0.39 is 0 Å². The third-order valence-corrected chi connectivity index (χ3v) is 2.95. The molecule has 0 fully saturated rings. The molecule has 0 aliphatic carbocycles. The largest absolute Gasteiger partial charge is 0.329 e. The molecule has 4 nitrogen and oxygen atoms in total. The minimum Gasteiger partial charge on any atom is -0.329 e. The van der Waals surface area contributed by atoms with Crippen LogP contribution in [-0.4, -0.2) is 9.97 Å². The summed E-state index contributed by atoms with van der Waals surface area (Å²) in [5.41, 5.74) is 2.26. The normalized spacial score (nSPS) is 10.3. The Bertz CT molecular complexity index is 541. The van der Waals surface area contributed by atoms with Crippen LogP contribution in [0.25, 0.3) is 0 Å². The van der Waals surface area contributed by atoms with Crippen molar-refractivity contribution in [2.45, 2.75) is 39.5 Å². The molecule has 4 heteroatoms. The molecule has 2 aromatic rings. The number of H-pyrrole nitrogens is 2. The molecule has 2 aromatic heterocycles. The minimum atomic E-state index is -0.0376. The topological polar surface area (TPSA) is 65.7 Å². The molecule has 0 aromatic carbocycles. The van der Waals surface area contributed by atoms with Crippen molar-refractivity contribution in [2.24, 2.45) is 0 Å². The van der Waals surface area contributed by atoms with Gasteiger partial charge in [-0.3, -0.25) is 9.59 Å². The van der Waals surface area contributed by atoms with Crippen molar-refractivity contribution in [3.05, 3.63) is 68.5 Å². The van der Waals surface area contributed by atoms with Gasteiger partial charge in [0.05, 0.1) is 0 Å². The summed E-state index contributed by atoms with van der Waals surface area (Å²) in [6, 6.07) is 6.80. The van der Waals surface area contributed by atoms with E-state index in [0.29, 0.717) is 11.8 Å². The molecule has 20 heavy (non-hydrogen) atoms. The van der Waals surface area contributed by atoms with Crippen molar-refractivity contribution < 1.29 is 0 Å². The Morgan fingerprint density at radius 2 is 1.05 bits per heavy atom. The van der Waals surface area contributed by atoms with Crippen LogP contribution < -0.4 is 11.1 Å². The van der Waals surface area contributed by atoms with E-state index in [0.717, 1.165) is 0 Å². The molecule has 2 rings (SSSR count). The van der Waals surface area contributed by atoms with Crippen LogP contribution in [0.15, 0.2) is 46.2 Å².